The van der Waals surface area contributed by atoms with Gasteiger partial charge in [0.15, 0.2) is 5.65 Å². The number of anilines is 1. The highest BCUT2D eigenvalue weighted by Crippen LogP contribution is 2.36. The Bertz CT molecular complexity index is 1640. The molecule has 1 fully saturated rings. The van der Waals surface area contributed by atoms with Crippen molar-refractivity contribution in [3.05, 3.63) is 83.4 Å². The zero-order valence-electron chi connectivity index (χ0n) is 20.9. The summed E-state index contributed by atoms with van der Waals surface area (Å²) < 4.78 is 30.9. The Balaban J connectivity index is 1.35. The number of benzene rings is 1. The first-order chi connectivity index (χ1) is 18.3. The van der Waals surface area contributed by atoms with E-state index in [0.29, 0.717) is 18.0 Å². The molecule has 10 nitrogen and oxygen atoms in total. The van der Waals surface area contributed by atoms with Gasteiger partial charge in [-0.15, -0.1) is 10.2 Å². The van der Waals surface area contributed by atoms with Crippen molar-refractivity contribution < 1.29 is 18.3 Å². The number of fused-ring (bicyclic) bond motifs is 4. The molecule has 11 heteroatoms. The predicted octanol–water partition coefficient (Wildman–Crippen LogP) is 3.21. The summed E-state index contributed by atoms with van der Waals surface area (Å²) in [7, 11) is -3.77. The summed E-state index contributed by atoms with van der Waals surface area (Å²) in [5.41, 5.74) is 3.07. The number of hydrogen-bond donors (Lipinski definition) is 1. The van der Waals surface area contributed by atoms with Crippen LogP contribution >= 0.6 is 0 Å². The number of hydrogen-bond acceptors (Lipinski definition) is 7. The van der Waals surface area contributed by atoms with Crippen molar-refractivity contribution in [2.24, 2.45) is 0 Å². The zero-order valence-corrected chi connectivity index (χ0v) is 21.8. The Morgan fingerprint density at radius 2 is 1.97 bits per heavy atom. The maximum absolute atomic E-state index is 13.7. The minimum atomic E-state index is -3.77. The van der Waals surface area contributed by atoms with Crippen LogP contribution in [0.25, 0.3) is 5.65 Å². The number of nitrogens with zero attached hydrogens (tertiary/aromatic N) is 6. The molecule has 4 aromatic rings. The average Bonchev–Trinajstić information content (AvgIpc) is 3.51. The molecule has 2 aliphatic heterocycles. The van der Waals surface area contributed by atoms with Gasteiger partial charge >= 0.3 is 5.97 Å². The number of sulfonamides is 1. The first-order valence-electron chi connectivity index (χ1n) is 12.6. The van der Waals surface area contributed by atoms with Crippen LogP contribution in [-0.4, -0.2) is 62.5 Å². The molecule has 1 aromatic carbocycles. The number of aliphatic carboxylic acids is 1. The molecule has 38 heavy (non-hydrogen) atoms. The highest BCUT2D eigenvalue weighted by molar-refractivity contribution is 7.89. The minimum absolute atomic E-state index is 0.0715. The van der Waals surface area contributed by atoms with Gasteiger partial charge in [0, 0.05) is 44.0 Å². The lowest BCUT2D eigenvalue weighted by Crippen LogP contribution is -2.39. The highest BCUT2D eigenvalue weighted by Gasteiger charge is 2.40. The van der Waals surface area contributed by atoms with E-state index in [2.05, 4.69) is 20.1 Å². The summed E-state index contributed by atoms with van der Waals surface area (Å²) in [5.74, 6) is -0.0598. The van der Waals surface area contributed by atoms with Gasteiger partial charge in [0.25, 0.3) is 0 Å². The van der Waals surface area contributed by atoms with Gasteiger partial charge in [0.2, 0.25) is 10.0 Å². The Kier molecular flexibility index (Phi) is 6.11. The maximum atomic E-state index is 13.7. The zero-order chi connectivity index (χ0) is 26.4. The quantitative estimate of drug-likeness (QED) is 0.402. The topological polar surface area (TPSA) is 121 Å². The van der Waals surface area contributed by atoms with Gasteiger partial charge in [0.1, 0.15) is 16.5 Å². The molecule has 0 amide bonds. The monoisotopic (exact) mass is 532 g/mol. The molecule has 6 rings (SSSR count). The molecule has 0 spiro atoms. The van der Waals surface area contributed by atoms with E-state index in [1.54, 1.807) is 22.6 Å². The van der Waals surface area contributed by atoms with Crippen LogP contribution in [0.5, 0.6) is 0 Å². The molecule has 5 heterocycles. The average molecular weight is 533 g/mol. The fourth-order valence-corrected chi connectivity index (χ4v) is 7.30. The lowest BCUT2D eigenvalue weighted by molar-refractivity contribution is -0.137. The van der Waals surface area contributed by atoms with E-state index in [0.717, 1.165) is 41.9 Å². The molecule has 0 aliphatic carbocycles. The molecule has 0 radical (unpaired) electrons. The van der Waals surface area contributed by atoms with Gasteiger partial charge in [0.05, 0.1) is 6.42 Å². The van der Waals surface area contributed by atoms with Gasteiger partial charge in [-0.3, -0.25) is 9.20 Å². The number of carboxylic acids is 1. The number of rotatable bonds is 6. The van der Waals surface area contributed by atoms with E-state index in [9.17, 15) is 18.3 Å². The van der Waals surface area contributed by atoms with Gasteiger partial charge in [-0.1, -0.05) is 24.3 Å². The molecular weight excluding hydrogens is 504 g/mol. The molecule has 0 bridgehead atoms. The predicted molar refractivity (Wildman–Crippen MR) is 140 cm³/mol. The second kappa shape index (κ2) is 9.48. The van der Waals surface area contributed by atoms with E-state index in [1.807, 2.05) is 53.9 Å². The molecule has 3 aromatic heterocycles. The second-order valence-electron chi connectivity index (χ2n) is 9.94. The first kappa shape index (κ1) is 24.5. The van der Waals surface area contributed by atoms with Crippen LogP contribution in [0.2, 0.25) is 0 Å². The molecule has 196 valence electrons. The number of pyridine rings is 2. The molecular formula is C27H28N6O4S. The van der Waals surface area contributed by atoms with Gasteiger partial charge in [-0.2, -0.15) is 4.31 Å². The van der Waals surface area contributed by atoms with E-state index in [-0.39, 0.29) is 23.9 Å². The maximum Gasteiger partial charge on any atom is 0.304 e. The number of aromatic nitrogens is 4. The summed E-state index contributed by atoms with van der Waals surface area (Å²) >= 11 is 0. The van der Waals surface area contributed by atoms with Crippen LogP contribution < -0.4 is 4.90 Å². The first-order valence-corrected chi connectivity index (χ1v) is 14.1. The summed E-state index contributed by atoms with van der Waals surface area (Å²) in [6.45, 7) is 3.22. The van der Waals surface area contributed by atoms with Gasteiger partial charge in [-0.05, 0) is 60.7 Å². The van der Waals surface area contributed by atoms with Crippen LogP contribution in [0, 0.1) is 6.92 Å². The van der Waals surface area contributed by atoms with Crippen molar-refractivity contribution in [1.82, 2.24) is 23.9 Å². The summed E-state index contributed by atoms with van der Waals surface area (Å²) in [4.78, 5) is 18.6. The molecule has 2 atom stereocenters. The van der Waals surface area contributed by atoms with Crippen molar-refractivity contribution in [3.63, 3.8) is 0 Å². The lowest BCUT2D eigenvalue weighted by Gasteiger charge is -2.26. The fourth-order valence-electron chi connectivity index (χ4n) is 5.68. The third kappa shape index (κ3) is 4.31. The second-order valence-corrected chi connectivity index (χ2v) is 11.8. The number of aryl methyl sites for hydroxylation is 1. The molecule has 1 saturated heterocycles. The van der Waals surface area contributed by atoms with Crippen molar-refractivity contribution in [2.75, 3.05) is 18.0 Å². The van der Waals surface area contributed by atoms with Crippen molar-refractivity contribution in [1.29, 1.82) is 0 Å². The van der Waals surface area contributed by atoms with Crippen molar-refractivity contribution in [3.8, 4) is 0 Å². The largest absolute Gasteiger partial charge is 0.481 e. The Morgan fingerprint density at radius 1 is 1.13 bits per heavy atom. The lowest BCUT2D eigenvalue weighted by atomic mass is 9.88. The summed E-state index contributed by atoms with van der Waals surface area (Å²) in [6, 6.07) is 14.7. The standard InChI is InChI=1S/C27H28N6O4S/c1-18-29-30-25-14-21(9-12-32(18)25)23(15-26(34)35)20-6-2-5-19(13-20)16-31-17-22-7-4-11-33(22)27-24(38(31,36)37)8-3-10-28-27/h2-3,5-6,8-10,12-14,22-23H,4,7,11,15-17H2,1H3,(H,34,35)/t22?,23-/m0/s1. The SMILES string of the molecule is Cc1nnc2cc([C@@H](CC(=O)O)c3cccc(CN4CC5CCCN5c5ncccc5S4(=O)=O)c3)ccn12. The molecule has 2 aliphatic rings. The number of carbonyl (C=O) groups is 1. The number of carboxylic acid groups (broad SMARTS) is 1. The van der Waals surface area contributed by atoms with Crippen molar-refractivity contribution >= 4 is 27.5 Å². The van der Waals surface area contributed by atoms with Crippen LogP contribution in [0.1, 0.15) is 47.7 Å². The van der Waals surface area contributed by atoms with Gasteiger partial charge < -0.3 is 10.0 Å². The third-order valence-corrected chi connectivity index (χ3v) is 9.36. The van der Waals surface area contributed by atoms with E-state index < -0.39 is 21.9 Å². The summed E-state index contributed by atoms with van der Waals surface area (Å²) in [6.07, 6.45) is 5.29. The minimum Gasteiger partial charge on any atom is -0.481 e. The van der Waals surface area contributed by atoms with Crippen LogP contribution in [0.4, 0.5) is 5.82 Å². The Labute approximate surface area is 220 Å². The fraction of sp³-hybridized carbons (Fsp3) is 0.333. The Hall–Kier alpha value is -3.83. The molecule has 1 unspecified atom stereocenters. The third-order valence-electron chi connectivity index (χ3n) is 7.53. The molecule has 1 N–H and O–H groups in total. The van der Waals surface area contributed by atoms with Gasteiger partial charge in [-0.25, -0.2) is 13.4 Å². The normalized spacial score (nSPS) is 19.6. The van der Waals surface area contributed by atoms with E-state index >= 15 is 0 Å². The highest BCUT2D eigenvalue weighted by atomic mass is 32.2. The van der Waals surface area contributed by atoms with Crippen LogP contribution in [0.15, 0.2) is 65.8 Å². The van der Waals surface area contributed by atoms with Crippen molar-refractivity contribution in [2.45, 2.75) is 49.6 Å². The Morgan fingerprint density at radius 3 is 2.82 bits per heavy atom. The van der Waals surface area contributed by atoms with Crippen LogP contribution in [0.3, 0.4) is 0 Å². The van der Waals surface area contributed by atoms with E-state index in [4.69, 9.17) is 0 Å². The molecule has 0 saturated carbocycles. The van der Waals surface area contributed by atoms with Crippen LogP contribution in [-0.2, 0) is 21.4 Å². The summed E-state index contributed by atoms with van der Waals surface area (Å²) in [5, 5.41) is 18.0. The van der Waals surface area contributed by atoms with E-state index in [1.165, 1.54) is 0 Å². The smallest absolute Gasteiger partial charge is 0.304 e.